The van der Waals surface area contributed by atoms with E-state index in [0.29, 0.717) is 18.8 Å². The van der Waals surface area contributed by atoms with Crippen LogP contribution < -0.4 is 5.32 Å². The number of hydrogen-bond donors (Lipinski definition) is 2. The first-order chi connectivity index (χ1) is 11.0. The van der Waals surface area contributed by atoms with Crippen molar-refractivity contribution in [3.63, 3.8) is 0 Å². The molecule has 23 heavy (non-hydrogen) atoms. The van der Waals surface area contributed by atoms with Gasteiger partial charge in [-0.25, -0.2) is 12.8 Å². The minimum atomic E-state index is -3.82. The topological polar surface area (TPSA) is 78.9 Å². The third-order valence-electron chi connectivity index (χ3n) is 4.47. The van der Waals surface area contributed by atoms with Crippen LogP contribution >= 0.6 is 0 Å². The summed E-state index contributed by atoms with van der Waals surface area (Å²) in [6.07, 6.45) is 2.76. The van der Waals surface area contributed by atoms with Gasteiger partial charge in [0.15, 0.2) is 0 Å². The van der Waals surface area contributed by atoms with E-state index in [-0.39, 0.29) is 30.2 Å². The van der Waals surface area contributed by atoms with Gasteiger partial charge < -0.3 is 15.2 Å². The van der Waals surface area contributed by atoms with E-state index in [1.807, 2.05) is 0 Å². The van der Waals surface area contributed by atoms with Gasteiger partial charge in [0, 0.05) is 19.6 Å². The molecule has 0 bridgehead atoms. The first kappa shape index (κ1) is 16.6. The van der Waals surface area contributed by atoms with Crippen molar-refractivity contribution < 1.29 is 22.7 Å². The number of aliphatic hydroxyl groups is 1. The number of morpholine rings is 1. The standard InChI is InChI=1S/C15H21FN2O4S/c16-12-2-3-13(17-6-8-19)14(10-12)23(20,21)18-7-9-22-15(11-18)4-1-5-15/h2-3,10,17,19H,1,4-9,11H2. The van der Waals surface area contributed by atoms with Gasteiger partial charge in [-0.05, 0) is 37.5 Å². The second kappa shape index (κ2) is 6.35. The number of sulfonamides is 1. The lowest BCUT2D eigenvalue weighted by Crippen LogP contribution is -2.56. The second-order valence-electron chi connectivity index (χ2n) is 6.01. The molecule has 6 nitrogen and oxygen atoms in total. The van der Waals surface area contributed by atoms with Gasteiger partial charge in [0.25, 0.3) is 0 Å². The van der Waals surface area contributed by atoms with Crippen LogP contribution in [0.4, 0.5) is 10.1 Å². The van der Waals surface area contributed by atoms with Crippen LogP contribution in [0, 0.1) is 5.82 Å². The molecule has 2 N–H and O–H groups in total. The summed E-state index contributed by atoms with van der Waals surface area (Å²) in [5.74, 6) is -0.607. The van der Waals surface area contributed by atoms with E-state index in [1.165, 1.54) is 16.4 Å². The van der Waals surface area contributed by atoms with E-state index < -0.39 is 15.8 Å². The summed E-state index contributed by atoms with van der Waals surface area (Å²) in [6.45, 7) is 0.984. The fraction of sp³-hybridized carbons (Fsp3) is 0.600. The normalized spacial score (nSPS) is 21.1. The summed E-state index contributed by atoms with van der Waals surface area (Å²) in [4.78, 5) is -0.0951. The minimum absolute atomic E-state index is 0.0951. The molecule has 1 aromatic carbocycles. The number of ether oxygens (including phenoxy) is 1. The summed E-state index contributed by atoms with van der Waals surface area (Å²) in [5.41, 5.74) is -0.0632. The quantitative estimate of drug-likeness (QED) is 0.838. The average Bonchev–Trinajstić information content (AvgIpc) is 2.52. The van der Waals surface area contributed by atoms with Gasteiger partial charge in [-0.15, -0.1) is 0 Å². The number of halogens is 1. The number of benzene rings is 1. The minimum Gasteiger partial charge on any atom is -0.395 e. The van der Waals surface area contributed by atoms with E-state index in [4.69, 9.17) is 9.84 Å². The van der Waals surface area contributed by atoms with Crippen molar-refractivity contribution in [3.05, 3.63) is 24.0 Å². The molecule has 2 aliphatic rings. The molecule has 2 fully saturated rings. The molecule has 1 saturated heterocycles. The molecule has 0 atom stereocenters. The SMILES string of the molecule is O=S(=O)(c1cc(F)ccc1NCCO)N1CCOC2(CCC2)C1. The Kier molecular flexibility index (Phi) is 4.59. The number of nitrogens with one attached hydrogen (secondary N) is 1. The predicted octanol–water partition coefficient (Wildman–Crippen LogP) is 1.17. The molecule has 1 aliphatic carbocycles. The molecule has 1 aromatic rings. The van der Waals surface area contributed by atoms with Gasteiger partial charge in [0.1, 0.15) is 10.7 Å². The molecule has 3 rings (SSSR count). The number of aliphatic hydroxyl groups excluding tert-OH is 1. The van der Waals surface area contributed by atoms with Crippen LogP contribution in [0.5, 0.6) is 0 Å². The fourth-order valence-corrected chi connectivity index (χ4v) is 4.75. The molecule has 1 spiro atoms. The summed E-state index contributed by atoms with van der Waals surface area (Å²) >= 11 is 0. The smallest absolute Gasteiger partial charge is 0.245 e. The lowest BCUT2D eigenvalue weighted by atomic mass is 9.79. The van der Waals surface area contributed by atoms with E-state index >= 15 is 0 Å². The van der Waals surface area contributed by atoms with Crippen molar-refractivity contribution in [1.29, 1.82) is 0 Å². The molecule has 128 valence electrons. The van der Waals surface area contributed by atoms with Crippen LogP contribution in [0.1, 0.15) is 19.3 Å². The Balaban J connectivity index is 1.90. The van der Waals surface area contributed by atoms with Gasteiger partial charge >= 0.3 is 0 Å². The Morgan fingerprint density at radius 2 is 2.17 bits per heavy atom. The Morgan fingerprint density at radius 1 is 1.39 bits per heavy atom. The highest BCUT2D eigenvalue weighted by atomic mass is 32.2. The maximum absolute atomic E-state index is 13.6. The number of hydrogen-bond acceptors (Lipinski definition) is 5. The van der Waals surface area contributed by atoms with Crippen molar-refractivity contribution in [2.75, 3.05) is 38.2 Å². The van der Waals surface area contributed by atoms with Crippen LogP contribution in [0.2, 0.25) is 0 Å². The summed E-state index contributed by atoms with van der Waals surface area (Å²) < 4.78 is 46.7. The molecule has 0 radical (unpaired) electrons. The highest BCUT2D eigenvalue weighted by Gasteiger charge is 2.45. The molecule has 8 heteroatoms. The largest absolute Gasteiger partial charge is 0.395 e. The summed E-state index contributed by atoms with van der Waals surface area (Å²) in [5, 5.41) is 11.8. The monoisotopic (exact) mass is 344 g/mol. The number of rotatable bonds is 5. The van der Waals surface area contributed by atoms with Crippen molar-refractivity contribution in [3.8, 4) is 0 Å². The Hall–Kier alpha value is -1.22. The lowest BCUT2D eigenvalue weighted by Gasteiger charge is -2.47. The third kappa shape index (κ3) is 3.21. The number of nitrogens with zero attached hydrogens (tertiary/aromatic N) is 1. The molecule has 0 amide bonds. The Labute approximate surface area is 135 Å². The zero-order chi connectivity index (χ0) is 16.5. The molecule has 0 unspecified atom stereocenters. The van der Waals surface area contributed by atoms with Gasteiger partial charge in [0.2, 0.25) is 10.0 Å². The van der Waals surface area contributed by atoms with Crippen LogP contribution in [-0.2, 0) is 14.8 Å². The van der Waals surface area contributed by atoms with Crippen molar-refractivity contribution in [2.45, 2.75) is 29.8 Å². The van der Waals surface area contributed by atoms with E-state index in [0.717, 1.165) is 25.3 Å². The van der Waals surface area contributed by atoms with Crippen LogP contribution in [0.15, 0.2) is 23.1 Å². The van der Waals surface area contributed by atoms with E-state index in [1.54, 1.807) is 0 Å². The molecule has 0 aromatic heterocycles. The van der Waals surface area contributed by atoms with Crippen molar-refractivity contribution in [1.82, 2.24) is 4.31 Å². The maximum Gasteiger partial charge on any atom is 0.245 e. The summed E-state index contributed by atoms with van der Waals surface area (Å²) in [7, 11) is -3.82. The van der Waals surface area contributed by atoms with Crippen LogP contribution in [0.25, 0.3) is 0 Å². The molecular weight excluding hydrogens is 323 g/mol. The molecule has 1 aliphatic heterocycles. The van der Waals surface area contributed by atoms with Crippen LogP contribution in [0.3, 0.4) is 0 Å². The Bertz CT molecular complexity index is 676. The first-order valence-corrected chi connectivity index (χ1v) is 9.19. The number of anilines is 1. The van der Waals surface area contributed by atoms with Crippen LogP contribution in [-0.4, -0.2) is 56.3 Å². The van der Waals surface area contributed by atoms with E-state index in [9.17, 15) is 12.8 Å². The summed E-state index contributed by atoms with van der Waals surface area (Å²) in [6, 6.07) is 3.61. The maximum atomic E-state index is 13.6. The van der Waals surface area contributed by atoms with Crippen molar-refractivity contribution in [2.24, 2.45) is 0 Å². The third-order valence-corrected chi connectivity index (χ3v) is 6.35. The van der Waals surface area contributed by atoms with Gasteiger partial charge in [-0.2, -0.15) is 4.31 Å². The average molecular weight is 344 g/mol. The van der Waals surface area contributed by atoms with Gasteiger partial charge in [-0.1, -0.05) is 0 Å². The second-order valence-corrected chi connectivity index (χ2v) is 7.92. The predicted molar refractivity (Wildman–Crippen MR) is 83.3 cm³/mol. The molecule has 1 saturated carbocycles. The van der Waals surface area contributed by atoms with Crippen molar-refractivity contribution >= 4 is 15.7 Å². The van der Waals surface area contributed by atoms with Gasteiger partial charge in [0.05, 0.1) is 24.5 Å². The highest BCUT2D eigenvalue weighted by Crippen LogP contribution is 2.40. The zero-order valence-electron chi connectivity index (χ0n) is 12.8. The lowest BCUT2D eigenvalue weighted by molar-refractivity contribution is -0.135. The first-order valence-electron chi connectivity index (χ1n) is 7.75. The van der Waals surface area contributed by atoms with E-state index in [2.05, 4.69) is 5.32 Å². The van der Waals surface area contributed by atoms with Gasteiger partial charge in [-0.3, -0.25) is 0 Å². The fourth-order valence-electron chi connectivity index (χ4n) is 3.07. The molecule has 1 heterocycles. The highest BCUT2D eigenvalue weighted by molar-refractivity contribution is 7.89. The Morgan fingerprint density at radius 3 is 2.83 bits per heavy atom. The molecular formula is C15H21FN2O4S. The zero-order valence-corrected chi connectivity index (χ0v) is 13.6.